The molecule has 0 amide bonds. The molecule has 1 saturated heterocycles. The minimum absolute atomic E-state index is 0.209. The summed E-state index contributed by atoms with van der Waals surface area (Å²) in [6.45, 7) is 0.729. The lowest BCUT2D eigenvalue weighted by molar-refractivity contribution is -0.666. The number of benzene rings is 1. The molecule has 0 aromatic heterocycles. The maximum Gasteiger partial charge on any atom is 0.127 e. The maximum atomic E-state index is 13.4. The van der Waals surface area contributed by atoms with Crippen LogP contribution in [0.15, 0.2) is 24.3 Å². The Balaban J connectivity index is 1.97. The quantitative estimate of drug-likeness (QED) is 0.719. The number of carboxylic acids is 1. The second-order valence-electron chi connectivity index (χ2n) is 4.29. The van der Waals surface area contributed by atoms with E-state index in [1.807, 2.05) is 0 Å². The van der Waals surface area contributed by atoms with Crippen LogP contribution in [0.5, 0.6) is 0 Å². The molecule has 4 heteroatoms. The molecular weight excluding hydrogens is 209 g/mol. The Labute approximate surface area is 93.3 Å². The van der Waals surface area contributed by atoms with Gasteiger partial charge in [0.15, 0.2) is 0 Å². The molecule has 0 bridgehead atoms. The number of carbonyl (C=O) groups is 1. The Morgan fingerprint density at radius 2 is 2.25 bits per heavy atom. The number of quaternary nitrogens is 1. The minimum atomic E-state index is -1.02. The number of nitrogens with two attached hydrogens (primary N) is 1. The van der Waals surface area contributed by atoms with Gasteiger partial charge in [0.1, 0.15) is 11.9 Å². The van der Waals surface area contributed by atoms with Gasteiger partial charge in [-0.1, -0.05) is 18.2 Å². The number of aliphatic carboxylic acids is 1. The summed E-state index contributed by atoms with van der Waals surface area (Å²) in [4.78, 5) is 10.7. The van der Waals surface area contributed by atoms with Crippen LogP contribution in [0.1, 0.15) is 12.0 Å². The minimum Gasteiger partial charge on any atom is -0.544 e. The van der Waals surface area contributed by atoms with Gasteiger partial charge >= 0.3 is 0 Å². The summed E-state index contributed by atoms with van der Waals surface area (Å²) < 4.78 is 13.4. The van der Waals surface area contributed by atoms with E-state index in [1.54, 1.807) is 23.5 Å². The molecule has 1 aliphatic heterocycles. The average Bonchev–Trinajstić information content (AvgIpc) is 2.70. The van der Waals surface area contributed by atoms with Gasteiger partial charge in [-0.3, -0.25) is 0 Å². The summed E-state index contributed by atoms with van der Waals surface area (Å²) in [6.07, 6.45) is 1.17. The fraction of sp³-hybridized carbons (Fsp3) is 0.417. The van der Waals surface area contributed by atoms with Crippen LogP contribution in [-0.4, -0.2) is 18.6 Å². The fourth-order valence-corrected chi connectivity index (χ4v) is 2.24. The van der Waals surface area contributed by atoms with Gasteiger partial charge in [-0.2, -0.15) is 0 Å². The number of carboxylic acid groups (broad SMARTS) is 1. The Morgan fingerprint density at radius 1 is 1.50 bits per heavy atom. The largest absolute Gasteiger partial charge is 0.544 e. The average molecular weight is 223 g/mol. The van der Waals surface area contributed by atoms with E-state index in [2.05, 4.69) is 0 Å². The second-order valence-corrected chi connectivity index (χ2v) is 4.29. The van der Waals surface area contributed by atoms with Crippen LogP contribution in [-0.2, 0) is 11.2 Å². The third-order valence-corrected chi connectivity index (χ3v) is 3.11. The molecule has 3 nitrogen and oxygen atoms in total. The predicted octanol–water partition coefficient (Wildman–Crippen LogP) is -0.930. The van der Waals surface area contributed by atoms with Crippen molar-refractivity contribution in [3.8, 4) is 0 Å². The zero-order chi connectivity index (χ0) is 11.5. The smallest absolute Gasteiger partial charge is 0.127 e. The third-order valence-electron chi connectivity index (χ3n) is 3.11. The number of rotatable bonds is 3. The van der Waals surface area contributed by atoms with E-state index >= 15 is 0 Å². The van der Waals surface area contributed by atoms with Gasteiger partial charge in [-0.25, -0.2) is 4.39 Å². The van der Waals surface area contributed by atoms with Crippen molar-refractivity contribution in [2.45, 2.75) is 18.9 Å². The van der Waals surface area contributed by atoms with Gasteiger partial charge < -0.3 is 15.2 Å². The first-order chi connectivity index (χ1) is 7.66. The van der Waals surface area contributed by atoms with Crippen molar-refractivity contribution in [2.24, 2.45) is 5.92 Å². The highest BCUT2D eigenvalue weighted by Gasteiger charge is 2.29. The van der Waals surface area contributed by atoms with Gasteiger partial charge in [-0.15, -0.1) is 0 Å². The zero-order valence-electron chi connectivity index (χ0n) is 8.86. The van der Waals surface area contributed by atoms with Gasteiger partial charge in [0, 0.05) is 12.3 Å². The van der Waals surface area contributed by atoms with Crippen molar-refractivity contribution in [1.82, 2.24) is 0 Å². The Bertz CT molecular complexity index is 394. The van der Waals surface area contributed by atoms with Crippen molar-refractivity contribution >= 4 is 5.97 Å². The van der Waals surface area contributed by atoms with E-state index in [0.717, 1.165) is 6.54 Å². The normalized spacial score (nSPS) is 24.6. The summed E-state index contributed by atoms with van der Waals surface area (Å²) >= 11 is 0. The molecule has 16 heavy (non-hydrogen) atoms. The van der Waals surface area contributed by atoms with E-state index in [-0.39, 0.29) is 11.7 Å². The van der Waals surface area contributed by atoms with Gasteiger partial charge in [-0.05, 0) is 18.1 Å². The molecule has 1 aromatic rings. The highest BCUT2D eigenvalue weighted by atomic mass is 19.1. The molecule has 1 aromatic carbocycles. The molecule has 0 saturated carbocycles. The van der Waals surface area contributed by atoms with Crippen LogP contribution >= 0.6 is 0 Å². The van der Waals surface area contributed by atoms with E-state index in [0.29, 0.717) is 18.4 Å². The Hall–Kier alpha value is -1.42. The molecule has 2 atom stereocenters. The second kappa shape index (κ2) is 4.61. The summed E-state index contributed by atoms with van der Waals surface area (Å²) in [5.41, 5.74) is 0.667. The Morgan fingerprint density at radius 3 is 2.88 bits per heavy atom. The first-order valence-electron chi connectivity index (χ1n) is 5.44. The molecule has 0 radical (unpaired) electrons. The van der Waals surface area contributed by atoms with Crippen LogP contribution in [0.3, 0.4) is 0 Å². The van der Waals surface area contributed by atoms with Gasteiger partial charge in [0.05, 0.1) is 12.5 Å². The molecule has 0 unspecified atom stereocenters. The maximum absolute atomic E-state index is 13.4. The number of hydrogen-bond acceptors (Lipinski definition) is 2. The molecule has 1 fully saturated rings. The molecule has 0 aliphatic carbocycles. The number of halogens is 1. The van der Waals surface area contributed by atoms with Gasteiger partial charge in [0.25, 0.3) is 0 Å². The van der Waals surface area contributed by atoms with Crippen LogP contribution < -0.4 is 10.4 Å². The highest BCUT2D eigenvalue weighted by Crippen LogP contribution is 2.17. The lowest BCUT2D eigenvalue weighted by Gasteiger charge is -2.08. The molecule has 0 spiro atoms. The Kier molecular flexibility index (Phi) is 3.19. The number of carbonyl (C=O) groups excluding carboxylic acids is 1. The summed E-state index contributed by atoms with van der Waals surface area (Å²) in [5.74, 6) is -1.00. The fourth-order valence-electron chi connectivity index (χ4n) is 2.24. The summed E-state index contributed by atoms with van der Waals surface area (Å²) in [6, 6.07) is 6.18. The molecule has 2 rings (SSSR count). The van der Waals surface area contributed by atoms with Crippen LogP contribution in [0.2, 0.25) is 0 Å². The van der Waals surface area contributed by atoms with Crippen molar-refractivity contribution in [3.05, 3.63) is 35.6 Å². The van der Waals surface area contributed by atoms with Crippen LogP contribution in [0.25, 0.3) is 0 Å². The van der Waals surface area contributed by atoms with E-state index < -0.39 is 12.0 Å². The standard InChI is InChI=1S/C12H14FNO2/c13-10-4-2-1-3-9(10)5-8-6-11(12(15)16)14-7-8/h1-4,8,11,14H,5-7H2,(H,15,16)/t8-,11+/m1/s1. The van der Waals surface area contributed by atoms with E-state index in [9.17, 15) is 14.3 Å². The molecule has 1 aliphatic rings. The summed E-state index contributed by atoms with van der Waals surface area (Å²) in [5, 5.41) is 12.4. The SMILES string of the molecule is O=C([O-])[C@@H]1C[C@@H](Cc2ccccc2F)C[NH2+]1. The topological polar surface area (TPSA) is 56.7 Å². The predicted molar refractivity (Wildman–Crippen MR) is 53.8 cm³/mol. The molecule has 86 valence electrons. The highest BCUT2D eigenvalue weighted by molar-refractivity contribution is 5.69. The van der Waals surface area contributed by atoms with Crippen LogP contribution in [0, 0.1) is 11.7 Å². The monoisotopic (exact) mass is 223 g/mol. The molecular formula is C12H14FNO2. The van der Waals surface area contributed by atoms with Crippen molar-refractivity contribution in [2.75, 3.05) is 6.54 Å². The molecule has 2 N–H and O–H groups in total. The van der Waals surface area contributed by atoms with Crippen molar-refractivity contribution in [1.29, 1.82) is 0 Å². The lowest BCUT2D eigenvalue weighted by atomic mass is 9.96. The lowest BCUT2D eigenvalue weighted by Crippen LogP contribution is -2.90. The first-order valence-corrected chi connectivity index (χ1v) is 5.44. The van der Waals surface area contributed by atoms with E-state index in [1.165, 1.54) is 6.07 Å². The van der Waals surface area contributed by atoms with Crippen LogP contribution in [0.4, 0.5) is 4.39 Å². The number of hydrogen-bond donors (Lipinski definition) is 1. The van der Waals surface area contributed by atoms with Crippen molar-refractivity contribution in [3.63, 3.8) is 0 Å². The third kappa shape index (κ3) is 2.39. The zero-order valence-corrected chi connectivity index (χ0v) is 8.86. The van der Waals surface area contributed by atoms with E-state index in [4.69, 9.17) is 0 Å². The van der Waals surface area contributed by atoms with Crippen molar-refractivity contribution < 1.29 is 19.6 Å². The first kappa shape index (κ1) is 11.1. The van der Waals surface area contributed by atoms with Gasteiger partial charge in [0.2, 0.25) is 0 Å². The summed E-state index contributed by atoms with van der Waals surface area (Å²) in [7, 11) is 0. The molecule has 1 heterocycles.